The molecule has 0 saturated heterocycles. The highest BCUT2D eigenvalue weighted by molar-refractivity contribution is 9.10. The van der Waals surface area contributed by atoms with Crippen LogP contribution in [0.4, 0.5) is 5.69 Å². The molecule has 1 heterocycles. The van der Waals surface area contributed by atoms with Gasteiger partial charge < -0.3 is 5.32 Å². The molecular formula is C19H17BrN2O. The molecule has 116 valence electrons. The summed E-state index contributed by atoms with van der Waals surface area (Å²) < 4.78 is 1.04. The first kappa shape index (κ1) is 15.7. The molecule has 3 aromatic rings. The van der Waals surface area contributed by atoms with Gasteiger partial charge in [-0.3, -0.25) is 9.78 Å². The zero-order valence-corrected chi connectivity index (χ0v) is 14.4. The molecule has 0 radical (unpaired) electrons. The lowest BCUT2D eigenvalue weighted by molar-refractivity contribution is -0.116. The van der Waals surface area contributed by atoms with Crippen molar-refractivity contribution in [3.63, 3.8) is 0 Å². The van der Waals surface area contributed by atoms with Gasteiger partial charge >= 0.3 is 0 Å². The molecule has 3 rings (SSSR count). The molecule has 0 aliphatic heterocycles. The third kappa shape index (κ3) is 3.77. The quantitative estimate of drug-likeness (QED) is 0.693. The molecule has 1 atom stereocenters. The minimum absolute atomic E-state index is 0.00132. The van der Waals surface area contributed by atoms with E-state index in [2.05, 4.69) is 33.2 Å². The van der Waals surface area contributed by atoms with E-state index in [9.17, 15) is 4.79 Å². The number of para-hydroxylation sites is 1. The summed E-state index contributed by atoms with van der Waals surface area (Å²) in [6.07, 6.45) is 2.17. The minimum Gasteiger partial charge on any atom is -0.324 e. The van der Waals surface area contributed by atoms with Crippen molar-refractivity contribution in [1.82, 2.24) is 4.98 Å². The van der Waals surface area contributed by atoms with Crippen molar-refractivity contribution in [3.8, 4) is 0 Å². The van der Waals surface area contributed by atoms with E-state index in [1.165, 1.54) is 0 Å². The van der Waals surface area contributed by atoms with Crippen LogP contribution in [0.5, 0.6) is 0 Å². The molecule has 0 aliphatic carbocycles. The van der Waals surface area contributed by atoms with Gasteiger partial charge in [-0.25, -0.2) is 0 Å². The number of anilines is 1. The molecule has 1 unspecified atom stereocenters. The Balaban J connectivity index is 1.72. The van der Waals surface area contributed by atoms with E-state index in [-0.39, 0.29) is 11.8 Å². The van der Waals surface area contributed by atoms with Gasteiger partial charge in [-0.1, -0.05) is 53.2 Å². The summed E-state index contributed by atoms with van der Waals surface area (Å²) in [5, 5.41) is 4.01. The number of carbonyl (C=O) groups excluding carboxylic acids is 1. The number of nitrogens with one attached hydrogen (secondary N) is 1. The van der Waals surface area contributed by atoms with Crippen molar-refractivity contribution in [1.29, 1.82) is 0 Å². The van der Waals surface area contributed by atoms with Crippen molar-refractivity contribution < 1.29 is 4.79 Å². The van der Waals surface area contributed by atoms with Gasteiger partial charge in [0.2, 0.25) is 5.91 Å². The van der Waals surface area contributed by atoms with Gasteiger partial charge in [0.25, 0.3) is 0 Å². The van der Waals surface area contributed by atoms with Crippen LogP contribution in [0.1, 0.15) is 24.8 Å². The first-order chi connectivity index (χ1) is 11.1. The maximum absolute atomic E-state index is 12.4. The van der Waals surface area contributed by atoms with Crippen LogP contribution in [0.3, 0.4) is 0 Å². The summed E-state index contributed by atoms with van der Waals surface area (Å²) in [5.74, 6) is 0.157. The van der Waals surface area contributed by atoms with E-state index in [1.807, 2.05) is 54.6 Å². The second-order valence-corrected chi connectivity index (χ2v) is 6.50. The van der Waals surface area contributed by atoms with Gasteiger partial charge in [-0.05, 0) is 35.7 Å². The SMILES string of the molecule is CC(CC(=O)Nc1cccc2cccnc12)c1ccc(Br)cc1. The second-order valence-electron chi connectivity index (χ2n) is 5.59. The van der Waals surface area contributed by atoms with Gasteiger partial charge in [0, 0.05) is 22.5 Å². The number of nitrogens with zero attached hydrogens (tertiary/aromatic N) is 1. The Morgan fingerprint density at radius 1 is 1.13 bits per heavy atom. The summed E-state index contributed by atoms with van der Waals surface area (Å²) in [5.41, 5.74) is 2.73. The predicted octanol–water partition coefficient (Wildman–Crippen LogP) is 5.13. The van der Waals surface area contributed by atoms with Crippen molar-refractivity contribution in [3.05, 3.63) is 70.8 Å². The number of aromatic nitrogens is 1. The van der Waals surface area contributed by atoms with E-state index in [4.69, 9.17) is 0 Å². The lowest BCUT2D eigenvalue weighted by atomic mass is 9.97. The fourth-order valence-electron chi connectivity index (χ4n) is 2.59. The Morgan fingerprint density at radius 3 is 2.65 bits per heavy atom. The van der Waals surface area contributed by atoms with Crippen molar-refractivity contribution in [2.75, 3.05) is 5.32 Å². The molecule has 1 N–H and O–H groups in total. The number of rotatable bonds is 4. The van der Waals surface area contributed by atoms with Crippen LogP contribution in [0, 0.1) is 0 Å². The largest absolute Gasteiger partial charge is 0.324 e. The van der Waals surface area contributed by atoms with Gasteiger partial charge in [0.1, 0.15) is 0 Å². The average molecular weight is 369 g/mol. The van der Waals surface area contributed by atoms with Crippen LogP contribution >= 0.6 is 15.9 Å². The number of hydrogen-bond acceptors (Lipinski definition) is 2. The highest BCUT2D eigenvalue weighted by Gasteiger charge is 2.12. The van der Waals surface area contributed by atoms with Crippen LogP contribution in [0.25, 0.3) is 10.9 Å². The second kappa shape index (κ2) is 6.92. The van der Waals surface area contributed by atoms with Crippen LogP contribution in [-0.2, 0) is 4.79 Å². The molecule has 4 heteroatoms. The molecular weight excluding hydrogens is 352 g/mol. The van der Waals surface area contributed by atoms with Gasteiger partial charge in [-0.15, -0.1) is 0 Å². The molecule has 0 aliphatic rings. The molecule has 1 amide bonds. The van der Waals surface area contributed by atoms with E-state index < -0.39 is 0 Å². The predicted molar refractivity (Wildman–Crippen MR) is 97.5 cm³/mol. The highest BCUT2D eigenvalue weighted by Crippen LogP contribution is 2.24. The number of carbonyl (C=O) groups is 1. The zero-order valence-electron chi connectivity index (χ0n) is 12.8. The van der Waals surface area contributed by atoms with Crippen LogP contribution in [0.2, 0.25) is 0 Å². The van der Waals surface area contributed by atoms with Crippen LogP contribution in [0.15, 0.2) is 65.3 Å². The van der Waals surface area contributed by atoms with Gasteiger partial charge in [0.05, 0.1) is 11.2 Å². The Kier molecular flexibility index (Phi) is 4.72. The number of pyridine rings is 1. The third-order valence-electron chi connectivity index (χ3n) is 3.84. The molecule has 0 saturated carbocycles. The Hall–Kier alpha value is -2.20. The number of fused-ring (bicyclic) bond motifs is 1. The van der Waals surface area contributed by atoms with E-state index in [0.29, 0.717) is 6.42 Å². The molecule has 0 bridgehead atoms. The smallest absolute Gasteiger partial charge is 0.225 e. The number of hydrogen-bond donors (Lipinski definition) is 1. The van der Waals surface area contributed by atoms with E-state index >= 15 is 0 Å². The summed E-state index contributed by atoms with van der Waals surface area (Å²) in [6, 6.07) is 17.8. The van der Waals surface area contributed by atoms with Gasteiger partial charge in [-0.2, -0.15) is 0 Å². The Morgan fingerprint density at radius 2 is 1.87 bits per heavy atom. The topological polar surface area (TPSA) is 42.0 Å². The number of amides is 1. The van der Waals surface area contributed by atoms with E-state index in [1.54, 1.807) is 6.20 Å². The standard InChI is InChI=1S/C19H17BrN2O/c1-13(14-7-9-16(20)10-8-14)12-18(23)22-17-6-2-4-15-5-3-11-21-19(15)17/h2-11,13H,12H2,1H3,(H,22,23). The lowest BCUT2D eigenvalue weighted by Crippen LogP contribution is -2.14. The molecule has 3 nitrogen and oxygen atoms in total. The highest BCUT2D eigenvalue weighted by atomic mass is 79.9. The molecule has 1 aromatic heterocycles. The third-order valence-corrected chi connectivity index (χ3v) is 4.37. The number of benzene rings is 2. The Labute approximate surface area is 143 Å². The van der Waals surface area contributed by atoms with Crippen molar-refractivity contribution in [2.45, 2.75) is 19.3 Å². The summed E-state index contributed by atoms with van der Waals surface area (Å²) >= 11 is 3.43. The molecule has 2 aromatic carbocycles. The van der Waals surface area contributed by atoms with Crippen molar-refractivity contribution in [2.24, 2.45) is 0 Å². The molecule has 0 spiro atoms. The zero-order chi connectivity index (χ0) is 16.2. The first-order valence-corrected chi connectivity index (χ1v) is 8.32. The maximum Gasteiger partial charge on any atom is 0.225 e. The summed E-state index contributed by atoms with van der Waals surface area (Å²) in [4.78, 5) is 16.7. The van der Waals surface area contributed by atoms with Crippen LogP contribution in [-0.4, -0.2) is 10.9 Å². The summed E-state index contributed by atoms with van der Waals surface area (Å²) in [7, 11) is 0. The summed E-state index contributed by atoms with van der Waals surface area (Å²) in [6.45, 7) is 2.06. The van der Waals surface area contributed by atoms with E-state index in [0.717, 1.165) is 26.6 Å². The lowest BCUT2D eigenvalue weighted by Gasteiger charge is -2.13. The fraction of sp³-hybridized carbons (Fsp3) is 0.158. The molecule has 0 fully saturated rings. The minimum atomic E-state index is -0.00132. The van der Waals surface area contributed by atoms with Crippen molar-refractivity contribution >= 4 is 38.4 Å². The Bertz CT molecular complexity index is 825. The fourth-order valence-corrected chi connectivity index (χ4v) is 2.86. The molecule has 23 heavy (non-hydrogen) atoms. The maximum atomic E-state index is 12.4. The van der Waals surface area contributed by atoms with Crippen LogP contribution < -0.4 is 5.32 Å². The average Bonchev–Trinajstić information content (AvgIpc) is 2.55. The normalized spacial score (nSPS) is 12.1. The van der Waals surface area contributed by atoms with Gasteiger partial charge in [0.15, 0.2) is 0 Å². The monoisotopic (exact) mass is 368 g/mol. The number of halogens is 1. The first-order valence-electron chi connectivity index (χ1n) is 7.52.